The van der Waals surface area contributed by atoms with Gasteiger partial charge in [0, 0.05) is 6.04 Å². The summed E-state index contributed by atoms with van der Waals surface area (Å²) in [6.45, 7) is -1.78. The van der Waals surface area contributed by atoms with Crippen molar-refractivity contribution in [3.05, 3.63) is 29.8 Å². The molecule has 0 aromatic heterocycles. The quantitative estimate of drug-likeness (QED) is 0.659. The zero-order chi connectivity index (χ0) is 21.9. The van der Waals surface area contributed by atoms with E-state index in [9.17, 15) is 39.6 Å². The number of carbonyl (C=O) groups is 1. The van der Waals surface area contributed by atoms with Gasteiger partial charge in [-0.05, 0) is 43.9 Å². The molecule has 1 fully saturated rings. The number of rotatable bonds is 6. The number of amides is 1. The summed E-state index contributed by atoms with van der Waals surface area (Å²) in [6, 6.07) is 3.32. The van der Waals surface area contributed by atoms with Crippen molar-refractivity contribution in [3.63, 3.8) is 0 Å². The highest BCUT2D eigenvalue weighted by Crippen LogP contribution is 2.33. The largest absolute Gasteiger partial charge is 0.416 e. The van der Waals surface area contributed by atoms with Gasteiger partial charge in [-0.3, -0.25) is 4.79 Å². The van der Waals surface area contributed by atoms with Gasteiger partial charge in [0.05, 0.1) is 22.3 Å². The van der Waals surface area contributed by atoms with Crippen LogP contribution in [-0.4, -0.2) is 44.9 Å². The Hall–Kier alpha value is -1.82. The Balaban J connectivity index is 1.89. The van der Waals surface area contributed by atoms with Gasteiger partial charge >= 0.3 is 12.4 Å². The van der Waals surface area contributed by atoms with Gasteiger partial charge in [0.25, 0.3) is 0 Å². The Kier molecular flexibility index (Phi) is 7.20. The van der Waals surface area contributed by atoms with E-state index in [1.807, 2.05) is 0 Å². The molecular formula is C17H20F6N2O3S. The summed E-state index contributed by atoms with van der Waals surface area (Å²) < 4.78 is 99.9. The van der Waals surface area contributed by atoms with Crippen molar-refractivity contribution in [3.8, 4) is 0 Å². The lowest BCUT2D eigenvalue weighted by Gasteiger charge is -2.29. The summed E-state index contributed by atoms with van der Waals surface area (Å²) in [4.78, 5) is 11.0. The highest BCUT2D eigenvalue weighted by Gasteiger charge is 2.35. The molecule has 2 N–H and O–H groups in total. The Bertz CT molecular complexity index is 815. The third-order valence-electron chi connectivity index (χ3n) is 4.64. The van der Waals surface area contributed by atoms with E-state index >= 15 is 0 Å². The van der Waals surface area contributed by atoms with E-state index in [1.165, 1.54) is 0 Å². The maximum atomic E-state index is 12.8. The number of benzene rings is 1. The molecule has 1 saturated carbocycles. The minimum atomic E-state index is -4.65. The summed E-state index contributed by atoms with van der Waals surface area (Å²) in [5, 5.41) is 3.64. The van der Waals surface area contributed by atoms with Crippen LogP contribution in [0.2, 0.25) is 0 Å². The van der Waals surface area contributed by atoms with Gasteiger partial charge in [0.2, 0.25) is 5.91 Å². The van der Waals surface area contributed by atoms with Crippen LogP contribution in [0.3, 0.4) is 0 Å². The van der Waals surface area contributed by atoms with Crippen molar-refractivity contribution in [1.82, 2.24) is 10.6 Å². The first-order chi connectivity index (χ1) is 13.3. The highest BCUT2D eigenvalue weighted by atomic mass is 32.2. The zero-order valence-corrected chi connectivity index (χ0v) is 15.9. The molecule has 0 radical (unpaired) electrons. The molecule has 0 aliphatic heterocycles. The maximum Gasteiger partial charge on any atom is 0.416 e. The van der Waals surface area contributed by atoms with E-state index in [0.717, 1.165) is 18.2 Å². The zero-order valence-electron chi connectivity index (χ0n) is 15.1. The van der Waals surface area contributed by atoms with E-state index in [4.69, 9.17) is 0 Å². The normalized spacial score (nSPS) is 21.0. The lowest BCUT2D eigenvalue weighted by molar-refractivity contribution is -0.138. The summed E-state index contributed by atoms with van der Waals surface area (Å²) in [5.74, 6) is -0.832. The van der Waals surface area contributed by atoms with Gasteiger partial charge in [-0.15, -0.1) is 0 Å². The molecule has 1 amide bonds. The minimum Gasteiger partial charge on any atom is -0.346 e. The second kappa shape index (κ2) is 8.90. The van der Waals surface area contributed by atoms with E-state index in [1.54, 1.807) is 5.32 Å². The van der Waals surface area contributed by atoms with Gasteiger partial charge in [-0.1, -0.05) is 6.07 Å². The number of carbonyl (C=O) groups excluding carboxylic acids is 1. The molecule has 0 bridgehead atoms. The monoisotopic (exact) mass is 446 g/mol. The Morgan fingerprint density at radius 2 is 1.66 bits per heavy atom. The Morgan fingerprint density at radius 3 is 2.21 bits per heavy atom. The van der Waals surface area contributed by atoms with E-state index in [0.29, 0.717) is 18.9 Å². The van der Waals surface area contributed by atoms with Crippen LogP contribution in [0.25, 0.3) is 0 Å². The average molecular weight is 446 g/mol. The molecule has 2 rings (SSSR count). The van der Waals surface area contributed by atoms with Crippen molar-refractivity contribution in [2.24, 2.45) is 0 Å². The standard InChI is InChI=1S/C17H20F6N2O3S/c18-16(19,20)10-25-15(26)9-24-12-4-6-13(7-5-12)29(27,28)14-3-1-2-11(8-14)17(21,22)23/h1-3,8,12-13,24H,4-7,9-10H2,(H,25,26). The fourth-order valence-corrected chi connectivity index (χ4v) is 4.95. The SMILES string of the molecule is O=C(CNC1CCC(S(=O)(=O)c2cccc(C(F)(F)F)c2)CC1)NCC(F)(F)F. The first-order valence-corrected chi connectivity index (χ1v) is 10.3. The number of hydrogen-bond acceptors (Lipinski definition) is 4. The molecule has 0 heterocycles. The predicted molar refractivity (Wildman–Crippen MR) is 91.7 cm³/mol. The second-order valence-corrected chi connectivity index (χ2v) is 9.05. The van der Waals surface area contributed by atoms with Gasteiger partial charge < -0.3 is 10.6 Å². The predicted octanol–water partition coefficient (Wildman–Crippen LogP) is 3.06. The molecule has 0 unspecified atom stereocenters. The number of hydrogen-bond donors (Lipinski definition) is 2. The molecule has 1 aliphatic carbocycles. The van der Waals surface area contributed by atoms with E-state index < -0.39 is 50.4 Å². The van der Waals surface area contributed by atoms with Gasteiger partial charge in [-0.2, -0.15) is 26.3 Å². The smallest absolute Gasteiger partial charge is 0.346 e. The van der Waals surface area contributed by atoms with Crippen molar-refractivity contribution < 1.29 is 39.6 Å². The van der Waals surface area contributed by atoms with Crippen molar-refractivity contribution in [2.45, 2.75) is 54.2 Å². The van der Waals surface area contributed by atoms with Crippen LogP contribution in [0.1, 0.15) is 31.2 Å². The van der Waals surface area contributed by atoms with Crippen molar-refractivity contribution >= 4 is 15.7 Å². The van der Waals surface area contributed by atoms with Crippen LogP contribution in [0, 0.1) is 0 Å². The second-order valence-electron chi connectivity index (χ2n) is 6.82. The molecule has 5 nitrogen and oxygen atoms in total. The third kappa shape index (κ3) is 6.88. The van der Waals surface area contributed by atoms with E-state index in [-0.39, 0.29) is 25.4 Å². The molecule has 0 spiro atoms. The lowest BCUT2D eigenvalue weighted by atomic mass is 9.95. The molecule has 12 heteroatoms. The summed E-state index contributed by atoms with van der Waals surface area (Å²) in [6.07, 6.45) is -8.17. The van der Waals surface area contributed by atoms with Crippen LogP contribution in [0.4, 0.5) is 26.3 Å². The van der Waals surface area contributed by atoms with Crippen LogP contribution < -0.4 is 10.6 Å². The van der Waals surface area contributed by atoms with Crippen LogP contribution >= 0.6 is 0 Å². The summed E-state index contributed by atoms with van der Waals surface area (Å²) in [7, 11) is -3.96. The van der Waals surface area contributed by atoms with Crippen molar-refractivity contribution in [1.29, 1.82) is 0 Å². The van der Waals surface area contributed by atoms with Crippen LogP contribution in [0.5, 0.6) is 0 Å². The Morgan fingerprint density at radius 1 is 1.03 bits per heavy atom. The van der Waals surface area contributed by atoms with Gasteiger partial charge in [0.15, 0.2) is 9.84 Å². The molecule has 29 heavy (non-hydrogen) atoms. The van der Waals surface area contributed by atoms with Gasteiger partial charge in [0.1, 0.15) is 6.54 Å². The molecule has 1 aromatic rings. The number of halogens is 6. The molecule has 164 valence electrons. The topological polar surface area (TPSA) is 75.3 Å². The van der Waals surface area contributed by atoms with Crippen LogP contribution in [0.15, 0.2) is 29.2 Å². The van der Waals surface area contributed by atoms with Gasteiger partial charge in [-0.25, -0.2) is 8.42 Å². The summed E-state index contributed by atoms with van der Waals surface area (Å²) >= 11 is 0. The minimum absolute atomic E-state index is 0.167. The molecule has 0 atom stereocenters. The Labute approximate surface area is 163 Å². The average Bonchev–Trinajstić information content (AvgIpc) is 2.64. The summed E-state index contributed by atoms with van der Waals surface area (Å²) in [5.41, 5.74) is -1.04. The lowest BCUT2D eigenvalue weighted by Crippen LogP contribution is -2.44. The van der Waals surface area contributed by atoms with E-state index in [2.05, 4.69) is 5.32 Å². The molecule has 0 saturated heterocycles. The number of alkyl halides is 6. The third-order valence-corrected chi connectivity index (χ3v) is 6.90. The van der Waals surface area contributed by atoms with Crippen molar-refractivity contribution in [2.75, 3.05) is 13.1 Å². The molecule has 1 aliphatic rings. The fourth-order valence-electron chi connectivity index (χ4n) is 3.12. The number of nitrogens with one attached hydrogen (secondary N) is 2. The first kappa shape index (κ1) is 23.5. The molecular weight excluding hydrogens is 426 g/mol. The highest BCUT2D eigenvalue weighted by molar-refractivity contribution is 7.92. The fraction of sp³-hybridized carbons (Fsp3) is 0.588. The first-order valence-electron chi connectivity index (χ1n) is 8.77. The van der Waals surface area contributed by atoms with Crippen LogP contribution in [-0.2, 0) is 20.8 Å². The molecule has 1 aromatic carbocycles. The maximum absolute atomic E-state index is 12.8. The number of sulfone groups is 1.